The van der Waals surface area contributed by atoms with Crippen LogP contribution in [-0.4, -0.2) is 5.78 Å². The van der Waals surface area contributed by atoms with E-state index in [1.54, 1.807) is 0 Å². The van der Waals surface area contributed by atoms with Gasteiger partial charge >= 0.3 is 0 Å². The molecular weight excluding hydrogens is 256 g/mol. The monoisotopic (exact) mass is 280 g/mol. The smallest absolute Gasteiger partial charge is 0.138 e. The fraction of sp³-hybridized carbons (Fsp3) is 0.550. The summed E-state index contributed by atoms with van der Waals surface area (Å²) in [6.45, 7) is 4.56. The van der Waals surface area contributed by atoms with Crippen molar-refractivity contribution in [2.75, 3.05) is 0 Å². The molecule has 3 aliphatic rings. The third-order valence-corrected chi connectivity index (χ3v) is 6.26. The molecule has 4 unspecified atom stereocenters. The molecule has 1 nitrogen and oxygen atoms in total. The minimum atomic E-state index is 0.132. The van der Waals surface area contributed by atoms with Gasteiger partial charge in [-0.05, 0) is 53.7 Å². The van der Waals surface area contributed by atoms with Gasteiger partial charge in [0.25, 0.3) is 0 Å². The molecule has 1 aromatic carbocycles. The first-order chi connectivity index (χ1) is 10.1. The van der Waals surface area contributed by atoms with Gasteiger partial charge in [-0.15, -0.1) is 0 Å². The second kappa shape index (κ2) is 4.56. The summed E-state index contributed by atoms with van der Waals surface area (Å²) in [7, 11) is 0. The maximum atomic E-state index is 12.3. The normalized spacial score (nSPS) is 34.5. The summed E-state index contributed by atoms with van der Waals surface area (Å²) in [5, 5.41) is 0. The Bertz CT molecular complexity index is 627. The van der Waals surface area contributed by atoms with Crippen LogP contribution in [0.25, 0.3) is 0 Å². The molecule has 2 bridgehead atoms. The molecule has 4 rings (SSSR count). The average molecular weight is 280 g/mol. The lowest BCUT2D eigenvalue weighted by Crippen LogP contribution is -2.39. The highest BCUT2D eigenvalue weighted by Crippen LogP contribution is 2.57. The Kier molecular flexibility index (Phi) is 2.89. The van der Waals surface area contributed by atoms with Gasteiger partial charge in [-0.3, -0.25) is 4.79 Å². The van der Waals surface area contributed by atoms with E-state index in [-0.39, 0.29) is 5.41 Å². The van der Waals surface area contributed by atoms with Crippen LogP contribution in [0.1, 0.15) is 62.1 Å². The fourth-order valence-electron chi connectivity index (χ4n) is 4.94. The highest BCUT2D eigenvalue weighted by molar-refractivity contribution is 5.85. The molecule has 21 heavy (non-hydrogen) atoms. The van der Waals surface area contributed by atoms with E-state index in [1.165, 1.54) is 36.0 Å². The summed E-state index contributed by atoms with van der Waals surface area (Å²) in [6.07, 6.45) is 9.84. The van der Waals surface area contributed by atoms with E-state index in [0.717, 1.165) is 6.42 Å². The number of carbonyl (C=O) groups excluding carboxylic acids is 1. The van der Waals surface area contributed by atoms with Crippen molar-refractivity contribution < 1.29 is 4.79 Å². The van der Waals surface area contributed by atoms with E-state index in [2.05, 4.69) is 44.2 Å². The lowest BCUT2D eigenvalue weighted by Gasteiger charge is -2.41. The number of Topliss-reactive ketones (excluding diaryl/α,β-unsaturated/α-hetero) is 1. The van der Waals surface area contributed by atoms with Gasteiger partial charge in [-0.1, -0.05) is 44.2 Å². The zero-order chi connectivity index (χ0) is 14.6. The van der Waals surface area contributed by atoms with Crippen LogP contribution < -0.4 is 0 Å². The van der Waals surface area contributed by atoms with Gasteiger partial charge in [-0.2, -0.15) is 0 Å². The van der Waals surface area contributed by atoms with Crippen LogP contribution in [0.2, 0.25) is 0 Å². The standard InChI is InChI=1S/C20H24O/c1-3-13(2)15-5-6-16-9-18(21)12-20(19(16)10-15)11-14-4-7-17(20)8-14/h4-7,10,13-14,17H,3,8-9,11-12H2,1-2H3. The molecule has 0 N–H and O–H groups in total. The molecule has 4 atom stereocenters. The van der Waals surface area contributed by atoms with Gasteiger partial charge in [0, 0.05) is 18.3 Å². The van der Waals surface area contributed by atoms with E-state index in [4.69, 9.17) is 0 Å². The molecule has 1 aromatic rings. The van der Waals surface area contributed by atoms with Crippen LogP contribution in [0.5, 0.6) is 0 Å². The lowest BCUT2D eigenvalue weighted by molar-refractivity contribution is -0.120. The second-order valence-corrected chi connectivity index (χ2v) is 7.47. The molecule has 3 aliphatic carbocycles. The van der Waals surface area contributed by atoms with Crippen molar-refractivity contribution in [3.8, 4) is 0 Å². The Morgan fingerprint density at radius 1 is 1.33 bits per heavy atom. The van der Waals surface area contributed by atoms with Gasteiger partial charge in [0.15, 0.2) is 0 Å². The van der Waals surface area contributed by atoms with Crippen molar-refractivity contribution in [2.45, 2.75) is 57.3 Å². The van der Waals surface area contributed by atoms with Gasteiger partial charge < -0.3 is 0 Å². The molecule has 1 spiro atoms. The molecule has 0 saturated heterocycles. The molecule has 0 heterocycles. The van der Waals surface area contributed by atoms with E-state index < -0.39 is 0 Å². The highest BCUT2D eigenvalue weighted by atomic mass is 16.1. The summed E-state index contributed by atoms with van der Waals surface area (Å²) in [6, 6.07) is 6.94. The van der Waals surface area contributed by atoms with Crippen molar-refractivity contribution >= 4 is 5.78 Å². The molecule has 1 saturated carbocycles. The third-order valence-electron chi connectivity index (χ3n) is 6.26. The maximum Gasteiger partial charge on any atom is 0.138 e. The Morgan fingerprint density at radius 2 is 2.19 bits per heavy atom. The van der Waals surface area contributed by atoms with Crippen LogP contribution in [0.15, 0.2) is 30.4 Å². The van der Waals surface area contributed by atoms with Crippen molar-refractivity contribution in [3.63, 3.8) is 0 Å². The third kappa shape index (κ3) is 1.86. The molecule has 0 radical (unpaired) electrons. The quantitative estimate of drug-likeness (QED) is 0.726. The summed E-state index contributed by atoms with van der Waals surface area (Å²) in [5.41, 5.74) is 4.40. The van der Waals surface area contributed by atoms with Crippen molar-refractivity contribution in [2.24, 2.45) is 11.8 Å². The van der Waals surface area contributed by atoms with Gasteiger partial charge in [0.2, 0.25) is 0 Å². The minimum absolute atomic E-state index is 0.132. The van der Waals surface area contributed by atoms with E-state index >= 15 is 0 Å². The van der Waals surface area contributed by atoms with Crippen molar-refractivity contribution in [1.29, 1.82) is 0 Å². The largest absolute Gasteiger partial charge is 0.299 e. The van der Waals surface area contributed by atoms with E-state index in [9.17, 15) is 4.79 Å². The van der Waals surface area contributed by atoms with Gasteiger partial charge in [0.05, 0.1) is 0 Å². The highest BCUT2D eigenvalue weighted by Gasteiger charge is 2.52. The first-order valence-corrected chi connectivity index (χ1v) is 8.45. The van der Waals surface area contributed by atoms with Crippen LogP contribution in [0, 0.1) is 11.8 Å². The number of benzene rings is 1. The Labute approximate surface area is 127 Å². The first kappa shape index (κ1) is 13.3. The SMILES string of the molecule is CCC(C)c1ccc2c(c1)C1(CC(=O)C2)CC2C=CC1C2. The number of hydrogen-bond donors (Lipinski definition) is 0. The fourth-order valence-corrected chi connectivity index (χ4v) is 4.94. The van der Waals surface area contributed by atoms with E-state index in [1.807, 2.05) is 0 Å². The van der Waals surface area contributed by atoms with Crippen LogP contribution >= 0.6 is 0 Å². The lowest BCUT2D eigenvalue weighted by atomic mass is 9.62. The summed E-state index contributed by atoms with van der Waals surface area (Å²) < 4.78 is 0. The number of rotatable bonds is 2. The Balaban J connectivity index is 1.85. The number of fused-ring (bicyclic) bond motifs is 5. The number of hydrogen-bond acceptors (Lipinski definition) is 1. The van der Waals surface area contributed by atoms with Crippen LogP contribution in [0.4, 0.5) is 0 Å². The molecule has 0 aromatic heterocycles. The van der Waals surface area contributed by atoms with Crippen LogP contribution in [-0.2, 0) is 16.6 Å². The number of allylic oxidation sites excluding steroid dienone is 2. The van der Waals surface area contributed by atoms with Gasteiger partial charge in [0.1, 0.15) is 5.78 Å². The maximum absolute atomic E-state index is 12.3. The average Bonchev–Trinajstić information content (AvgIpc) is 3.07. The second-order valence-electron chi connectivity index (χ2n) is 7.47. The molecule has 110 valence electrons. The topological polar surface area (TPSA) is 17.1 Å². The zero-order valence-electron chi connectivity index (χ0n) is 13.1. The van der Waals surface area contributed by atoms with Gasteiger partial charge in [-0.25, -0.2) is 0 Å². The zero-order valence-corrected chi connectivity index (χ0v) is 13.1. The summed E-state index contributed by atoms with van der Waals surface area (Å²) >= 11 is 0. The summed E-state index contributed by atoms with van der Waals surface area (Å²) in [4.78, 5) is 12.3. The Hall–Kier alpha value is -1.37. The van der Waals surface area contributed by atoms with Crippen molar-refractivity contribution in [1.82, 2.24) is 0 Å². The van der Waals surface area contributed by atoms with Crippen LogP contribution in [0.3, 0.4) is 0 Å². The predicted octanol–water partition coefficient (Wildman–Crippen LogP) is 4.55. The summed E-state index contributed by atoms with van der Waals surface area (Å²) in [5.74, 6) is 2.36. The molecule has 0 aliphatic heterocycles. The molecule has 1 fully saturated rings. The van der Waals surface area contributed by atoms with Crippen molar-refractivity contribution in [3.05, 3.63) is 47.0 Å². The number of ketones is 1. The first-order valence-electron chi connectivity index (χ1n) is 8.45. The van der Waals surface area contributed by atoms with E-state index in [0.29, 0.717) is 30.0 Å². The molecule has 1 heteroatoms. The molecule has 0 amide bonds. The number of carbonyl (C=O) groups is 1. The predicted molar refractivity (Wildman–Crippen MR) is 85.5 cm³/mol. The minimum Gasteiger partial charge on any atom is -0.299 e. The Morgan fingerprint density at radius 3 is 2.86 bits per heavy atom. The molecular formula is C20H24O.